The maximum atomic E-state index is 9.72. The van der Waals surface area contributed by atoms with Crippen LogP contribution in [0.2, 0.25) is 0 Å². The molecular weight excluding hydrogens is 164 g/mol. The van der Waals surface area contributed by atoms with Crippen molar-refractivity contribution < 1.29 is 10.2 Å². The number of aryl methyl sites for hydroxylation is 1. The molecule has 0 heterocycles. The summed E-state index contributed by atoms with van der Waals surface area (Å²) >= 11 is 0. The molecule has 0 amide bonds. The number of phenolic OH excluding ortho intramolecular Hbond substituents is 2. The monoisotopic (exact) mass is 180 g/mol. The van der Waals surface area contributed by atoms with Crippen LogP contribution < -0.4 is 0 Å². The molecule has 2 heteroatoms. The highest BCUT2D eigenvalue weighted by atomic mass is 16.3. The minimum absolute atomic E-state index is 0.277. The van der Waals surface area contributed by atoms with Gasteiger partial charge in [0.25, 0.3) is 0 Å². The van der Waals surface area contributed by atoms with E-state index >= 15 is 0 Å². The van der Waals surface area contributed by atoms with Crippen LogP contribution in [0.25, 0.3) is 0 Å². The van der Waals surface area contributed by atoms with Gasteiger partial charge in [0, 0.05) is 0 Å². The molecule has 0 aliphatic rings. The van der Waals surface area contributed by atoms with Crippen molar-refractivity contribution in [2.24, 2.45) is 0 Å². The molecule has 1 aromatic carbocycles. The Morgan fingerprint density at radius 3 is 2.31 bits per heavy atom. The van der Waals surface area contributed by atoms with Crippen molar-refractivity contribution in [3.05, 3.63) is 22.8 Å². The lowest BCUT2D eigenvalue weighted by molar-refractivity contribution is 0.446. The molecule has 2 N–H and O–H groups in total. The summed E-state index contributed by atoms with van der Waals surface area (Å²) in [4.78, 5) is 0. The first-order valence-electron chi connectivity index (χ1n) is 4.59. The van der Waals surface area contributed by atoms with Crippen LogP contribution in [0.3, 0.4) is 0 Å². The molecule has 0 radical (unpaired) electrons. The van der Waals surface area contributed by atoms with Crippen molar-refractivity contribution in [3.63, 3.8) is 0 Å². The molecule has 0 aliphatic carbocycles. The van der Waals surface area contributed by atoms with E-state index in [4.69, 9.17) is 0 Å². The number of benzene rings is 1. The molecular formula is C11H16O2. The summed E-state index contributed by atoms with van der Waals surface area (Å²) in [5, 5.41) is 19.2. The zero-order chi connectivity index (χ0) is 10.0. The zero-order valence-corrected chi connectivity index (χ0v) is 8.39. The molecule has 0 spiro atoms. The van der Waals surface area contributed by atoms with E-state index in [1.54, 1.807) is 13.0 Å². The van der Waals surface area contributed by atoms with E-state index in [-0.39, 0.29) is 5.75 Å². The van der Waals surface area contributed by atoms with Crippen LogP contribution in [0.1, 0.15) is 30.0 Å². The summed E-state index contributed by atoms with van der Waals surface area (Å²) in [6.45, 7) is 5.68. The van der Waals surface area contributed by atoms with E-state index in [0.29, 0.717) is 5.75 Å². The molecule has 0 saturated carbocycles. The van der Waals surface area contributed by atoms with Crippen LogP contribution in [0, 0.1) is 13.8 Å². The first kappa shape index (κ1) is 9.90. The summed E-state index contributed by atoms with van der Waals surface area (Å²) in [6, 6.07) is 1.65. The van der Waals surface area contributed by atoms with Crippen LogP contribution in [-0.4, -0.2) is 10.2 Å². The SMILES string of the molecule is CCCc1cc(O)c(C)c(C)c1O. The molecule has 0 bridgehead atoms. The lowest BCUT2D eigenvalue weighted by Crippen LogP contribution is -1.90. The van der Waals surface area contributed by atoms with Crippen molar-refractivity contribution >= 4 is 0 Å². The van der Waals surface area contributed by atoms with E-state index in [0.717, 1.165) is 29.5 Å². The first-order valence-corrected chi connectivity index (χ1v) is 4.59. The van der Waals surface area contributed by atoms with Crippen LogP contribution >= 0.6 is 0 Å². The van der Waals surface area contributed by atoms with Crippen LogP contribution in [0.4, 0.5) is 0 Å². The van der Waals surface area contributed by atoms with E-state index in [2.05, 4.69) is 0 Å². The Bertz CT molecular complexity index is 316. The Morgan fingerprint density at radius 1 is 1.15 bits per heavy atom. The van der Waals surface area contributed by atoms with Crippen molar-refractivity contribution in [2.45, 2.75) is 33.6 Å². The second kappa shape index (κ2) is 3.69. The Kier molecular flexibility index (Phi) is 2.81. The van der Waals surface area contributed by atoms with Crippen LogP contribution in [0.5, 0.6) is 11.5 Å². The van der Waals surface area contributed by atoms with E-state index < -0.39 is 0 Å². The molecule has 0 aromatic heterocycles. The van der Waals surface area contributed by atoms with Gasteiger partial charge in [-0.25, -0.2) is 0 Å². The minimum atomic E-state index is 0.277. The van der Waals surface area contributed by atoms with Gasteiger partial charge < -0.3 is 10.2 Å². The molecule has 13 heavy (non-hydrogen) atoms. The number of hydrogen-bond acceptors (Lipinski definition) is 2. The fourth-order valence-electron chi connectivity index (χ4n) is 1.41. The topological polar surface area (TPSA) is 40.5 Å². The standard InChI is InChI=1S/C11H16O2/c1-4-5-9-6-10(12)7(2)8(3)11(9)13/h6,12-13H,4-5H2,1-3H3. The summed E-state index contributed by atoms with van der Waals surface area (Å²) in [6.07, 6.45) is 1.77. The molecule has 1 rings (SSSR count). The van der Waals surface area contributed by atoms with Gasteiger partial charge >= 0.3 is 0 Å². The molecule has 2 nitrogen and oxygen atoms in total. The summed E-state index contributed by atoms with van der Waals surface area (Å²) in [7, 11) is 0. The predicted octanol–water partition coefficient (Wildman–Crippen LogP) is 2.67. The van der Waals surface area contributed by atoms with Gasteiger partial charge in [-0.05, 0) is 43.0 Å². The largest absolute Gasteiger partial charge is 0.508 e. The molecule has 0 unspecified atom stereocenters. The van der Waals surface area contributed by atoms with E-state index in [9.17, 15) is 10.2 Å². The van der Waals surface area contributed by atoms with Gasteiger partial charge in [-0.15, -0.1) is 0 Å². The normalized spacial score (nSPS) is 10.4. The molecule has 0 aliphatic heterocycles. The van der Waals surface area contributed by atoms with Crippen molar-refractivity contribution in [1.82, 2.24) is 0 Å². The van der Waals surface area contributed by atoms with Gasteiger partial charge in [0.05, 0.1) is 0 Å². The second-order valence-electron chi connectivity index (χ2n) is 3.40. The van der Waals surface area contributed by atoms with Crippen LogP contribution in [-0.2, 0) is 6.42 Å². The quantitative estimate of drug-likeness (QED) is 0.687. The summed E-state index contributed by atoms with van der Waals surface area (Å²) < 4.78 is 0. The Labute approximate surface area is 78.8 Å². The molecule has 0 fully saturated rings. The van der Waals surface area contributed by atoms with E-state index in [1.807, 2.05) is 13.8 Å². The van der Waals surface area contributed by atoms with Gasteiger partial charge in [0.1, 0.15) is 11.5 Å². The predicted molar refractivity (Wildman–Crippen MR) is 53.2 cm³/mol. The third-order valence-electron chi connectivity index (χ3n) is 2.44. The Hall–Kier alpha value is -1.18. The molecule has 72 valence electrons. The lowest BCUT2D eigenvalue weighted by Gasteiger charge is -2.10. The number of rotatable bonds is 2. The van der Waals surface area contributed by atoms with Gasteiger partial charge in [-0.2, -0.15) is 0 Å². The van der Waals surface area contributed by atoms with Gasteiger partial charge in [-0.1, -0.05) is 13.3 Å². The molecule has 0 atom stereocenters. The van der Waals surface area contributed by atoms with E-state index in [1.165, 1.54) is 0 Å². The highest BCUT2D eigenvalue weighted by Gasteiger charge is 2.09. The third kappa shape index (κ3) is 1.77. The molecule has 1 aromatic rings. The van der Waals surface area contributed by atoms with Gasteiger partial charge in [0.2, 0.25) is 0 Å². The third-order valence-corrected chi connectivity index (χ3v) is 2.44. The smallest absolute Gasteiger partial charge is 0.122 e. The fraction of sp³-hybridized carbons (Fsp3) is 0.455. The lowest BCUT2D eigenvalue weighted by atomic mass is 10.0. The van der Waals surface area contributed by atoms with Gasteiger partial charge in [0.15, 0.2) is 0 Å². The van der Waals surface area contributed by atoms with Crippen molar-refractivity contribution in [1.29, 1.82) is 0 Å². The Morgan fingerprint density at radius 2 is 1.77 bits per heavy atom. The maximum absolute atomic E-state index is 9.72. The summed E-state index contributed by atoms with van der Waals surface area (Å²) in [5.41, 5.74) is 2.38. The zero-order valence-electron chi connectivity index (χ0n) is 8.39. The van der Waals surface area contributed by atoms with Crippen LogP contribution in [0.15, 0.2) is 6.07 Å². The number of aromatic hydroxyl groups is 2. The average Bonchev–Trinajstić information content (AvgIpc) is 2.11. The summed E-state index contributed by atoms with van der Waals surface area (Å²) in [5.74, 6) is 0.607. The van der Waals surface area contributed by atoms with Gasteiger partial charge in [-0.3, -0.25) is 0 Å². The fourth-order valence-corrected chi connectivity index (χ4v) is 1.41. The highest BCUT2D eigenvalue weighted by Crippen LogP contribution is 2.32. The second-order valence-corrected chi connectivity index (χ2v) is 3.40. The number of phenols is 2. The molecule has 0 saturated heterocycles. The average molecular weight is 180 g/mol. The first-order chi connectivity index (χ1) is 6.07. The van der Waals surface area contributed by atoms with Crippen molar-refractivity contribution in [2.75, 3.05) is 0 Å². The van der Waals surface area contributed by atoms with Crippen molar-refractivity contribution in [3.8, 4) is 11.5 Å². The Balaban J connectivity index is 3.24. The number of hydrogen-bond donors (Lipinski definition) is 2. The minimum Gasteiger partial charge on any atom is -0.508 e. The highest BCUT2D eigenvalue weighted by molar-refractivity contribution is 5.51. The maximum Gasteiger partial charge on any atom is 0.122 e.